The van der Waals surface area contributed by atoms with Crippen LogP contribution in [0.2, 0.25) is 0 Å². The summed E-state index contributed by atoms with van der Waals surface area (Å²) in [6.45, 7) is 0. The Hall–Kier alpha value is -5.24. The van der Waals surface area contributed by atoms with Gasteiger partial charge in [0.05, 0.1) is 18.4 Å². The van der Waals surface area contributed by atoms with Crippen LogP contribution < -0.4 is 15.6 Å². The van der Waals surface area contributed by atoms with Gasteiger partial charge in [-0.25, -0.2) is 4.98 Å². The Balaban J connectivity index is 1.57. The van der Waals surface area contributed by atoms with Gasteiger partial charge in [-0.05, 0) is 23.3 Å². The number of nitrogens with one attached hydrogen (secondary N) is 2. The summed E-state index contributed by atoms with van der Waals surface area (Å²) in [4.78, 5) is 33.5. The summed E-state index contributed by atoms with van der Waals surface area (Å²) >= 11 is 0. The molecule has 38 heavy (non-hydrogen) atoms. The summed E-state index contributed by atoms with van der Waals surface area (Å²) in [6, 6.07) is 26.9. The van der Waals surface area contributed by atoms with E-state index in [-0.39, 0.29) is 17.3 Å². The van der Waals surface area contributed by atoms with Gasteiger partial charge in [0.15, 0.2) is 5.82 Å². The molecule has 6 rings (SSSR count). The minimum Gasteiger partial charge on any atom is -0.497 e. The molecule has 0 spiro atoms. The lowest BCUT2D eigenvalue weighted by atomic mass is 9.92. The highest BCUT2D eigenvalue weighted by atomic mass is 16.5. The van der Waals surface area contributed by atoms with Crippen LogP contribution >= 0.6 is 0 Å². The third-order valence-electron chi connectivity index (χ3n) is 6.50. The molecule has 186 valence electrons. The number of aromatic nitrogens is 4. The molecule has 5 aromatic rings. The van der Waals surface area contributed by atoms with Gasteiger partial charge < -0.3 is 15.0 Å². The zero-order chi connectivity index (χ0) is 26.1. The molecule has 8 heteroatoms. The van der Waals surface area contributed by atoms with E-state index in [2.05, 4.69) is 15.3 Å². The molecular weight excluding hydrogens is 478 g/mol. The zero-order valence-electron chi connectivity index (χ0n) is 20.5. The average molecular weight is 502 g/mol. The molecule has 3 aromatic carbocycles. The summed E-state index contributed by atoms with van der Waals surface area (Å²) in [6.07, 6.45) is 3.29. The summed E-state index contributed by atoms with van der Waals surface area (Å²) in [5, 5.41) is 8.00. The van der Waals surface area contributed by atoms with Crippen molar-refractivity contribution in [2.24, 2.45) is 0 Å². The smallest absolute Gasteiger partial charge is 0.291 e. The predicted octanol–water partition coefficient (Wildman–Crippen LogP) is 5.03. The monoisotopic (exact) mass is 501 g/mol. The van der Waals surface area contributed by atoms with Crippen LogP contribution in [-0.4, -0.2) is 32.8 Å². The molecule has 1 aliphatic heterocycles. The molecule has 2 N–H and O–H groups in total. The summed E-state index contributed by atoms with van der Waals surface area (Å²) < 4.78 is 6.79. The largest absolute Gasteiger partial charge is 0.497 e. The number of hydrogen-bond donors (Lipinski definition) is 2. The highest BCUT2D eigenvalue weighted by Crippen LogP contribution is 2.39. The Labute approximate surface area is 218 Å². The highest BCUT2D eigenvalue weighted by molar-refractivity contribution is 6.23. The fourth-order valence-electron chi connectivity index (χ4n) is 4.73. The minimum absolute atomic E-state index is 0.110. The summed E-state index contributed by atoms with van der Waals surface area (Å²) in [5.41, 5.74) is 5.43. The van der Waals surface area contributed by atoms with Gasteiger partial charge >= 0.3 is 0 Å². The second-order valence-corrected chi connectivity index (χ2v) is 8.77. The first-order valence-electron chi connectivity index (χ1n) is 12.1. The topological polar surface area (TPSA) is 102 Å². The number of carbonyl (C=O) groups excluding carboxylic acids is 1. The SMILES string of the molecule is COc1ccc(C2=C(Nc3ncc[nH]c3=O)Cc3c(-c4ccccc4)c(-c4ccccc4)nn3C2=O)cc1. The molecule has 0 amide bonds. The molecule has 0 bridgehead atoms. The Morgan fingerprint density at radius 3 is 2.21 bits per heavy atom. The van der Waals surface area contributed by atoms with E-state index in [0.29, 0.717) is 34.7 Å². The van der Waals surface area contributed by atoms with Crippen molar-refractivity contribution in [2.45, 2.75) is 6.42 Å². The van der Waals surface area contributed by atoms with E-state index in [1.807, 2.05) is 72.8 Å². The van der Waals surface area contributed by atoms with E-state index in [1.54, 1.807) is 19.2 Å². The molecule has 2 aromatic heterocycles. The lowest BCUT2D eigenvalue weighted by Crippen LogP contribution is -2.28. The second-order valence-electron chi connectivity index (χ2n) is 8.77. The first kappa shape index (κ1) is 23.2. The fourth-order valence-corrected chi connectivity index (χ4v) is 4.73. The molecule has 0 fully saturated rings. The number of carbonyl (C=O) groups is 1. The first-order valence-corrected chi connectivity index (χ1v) is 12.1. The van der Waals surface area contributed by atoms with Crippen molar-refractivity contribution in [2.75, 3.05) is 12.4 Å². The molecule has 0 unspecified atom stereocenters. The van der Waals surface area contributed by atoms with Gasteiger partial charge in [-0.1, -0.05) is 72.8 Å². The van der Waals surface area contributed by atoms with E-state index in [1.165, 1.54) is 17.1 Å². The van der Waals surface area contributed by atoms with Crippen LogP contribution in [0.1, 0.15) is 16.1 Å². The van der Waals surface area contributed by atoms with Crippen molar-refractivity contribution in [3.63, 3.8) is 0 Å². The van der Waals surface area contributed by atoms with Crippen molar-refractivity contribution in [1.29, 1.82) is 0 Å². The van der Waals surface area contributed by atoms with Crippen LogP contribution in [0.4, 0.5) is 5.82 Å². The number of ether oxygens (including phenoxy) is 1. The first-order chi connectivity index (χ1) is 18.6. The molecule has 0 radical (unpaired) electrons. The summed E-state index contributed by atoms with van der Waals surface area (Å²) in [5.74, 6) is 0.482. The van der Waals surface area contributed by atoms with Crippen LogP contribution in [0.25, 0.3) is 28.0 Å². The Kier molecular flexibility index (Phi) is 5.89. The Bertz CT molecular complexity index is 1720. The maximum Gasteiger partial charge on any atom is 0.291 e. The van der Waals surface area contributed by atoms with Gasteiger partial charge in [0.2, 0.25) is 0 Å². The summed E-state index contributed by atoms with van der Waals surface area (Å²) in [7, 11) is 1.59. The quantitative estimate of drug-likeness (QED) is 0.338. The number of fused-ring (bicyclic) bond motifs is 1. The molecule has 1 aliphatic rings. The molecule has 0 saturated heterocycles. The van der Waals surface area contributed by atoms with Gasteiger partial charge in [0.25, 0.3) is 11.5 Å². The normalized spacial score (nSPS) is 12.8. The molecule has 0 aliphatic carbocycles. The number of methoxy groups -OCH3 is 1. The molecule has 8 nitrogen and oxygen atoms in total. The number of H-pyrrole nitrogens is 1. The van der Waals surface area contributed by atoms with E-state index in [0.717, 1.165) is 22.4 Å². The molecular formula is C30H23N5O3. The second kappa shape index (κ2) is 9.67. The van der Waals surface area contributed by atoms with Crippen LogP contribution in [0.3, 0.4) is 0 Å². The van der Waals surface area contributed by atoms with E-state index >= 15 is 0 Å². The van der Waals surface area contributed by atoms with E-state index in [9.17, 15) is 9.59 Å². The number of allylic oxidation sites excluding steroid dienone is 2. The highest BCUT2D eigenvalue weighted by Gasteiger charge is 2.33. The van der Waals surface area contributed by atoms with Gasteiger partial charge in [0, 0.05) is 35.6 Å². The maximum atomic E-state index is 14.2. The predicted molar refractivity (Wildman–Crippen MR) is 146 cm³/mol. The molecule has 3 heterocycles. The third kappa shape index (κ3) is 4.08. The number of aromatic amines is 1. The number of nitrogens with zero attached hydrogens (tertiary/aromatic N) is 3. The van der Waals surface area contributed by atoms with Gasteiger partial charge in [-0.2, -0.15) is 9.78 Å². The van der Waals surface area contributed by atoms with Crippen molar-refractivity contribution < 1.29 is 9.53 Å². The standard InChI is InChI=1S/C30H23N5O3/c1-38-22-14-12-20(13-15-22)25-23(33-28-29(36)32-17-16-31-28)18-24-26(19-8-4-2-5-9-19)27(34-35(24)30(25)37)21-10-6-3-7-11-21/h2-17H,18H2,1H3,(H,31,33)(H,32,36). The van der Waals surface area contributed by atoms with Crippen molar-refractivity contribution >= 4 is 17.3 Å². The fraction of sp³-hybridized carbons (Fsp3) is 0.0667. The van der Waals surface area contributed by atoms with Crippen LogP contribution in [0, 0.1) is 0 Å². The molecule has 0 atom stereocenters. The molecule has 0 saturated carbocycles. The van der Waals surface area contributed by atoms with Crippen LogP contribution in [-0.2, 0) is 6.42 Å². The maximum absolute atomic E-state index is 14.2. The number of anilines is 1. The van der Waals surface area contributed by atoms with Gasteiger partial charge in [-0.3, -0.25) is 9.59 Å². The van der Waals surface area contributed by atoms with Crippen molar-refractivity contribution in [3.05, 3.63) is 125 Å². The zero-order valence-corrected chi connectivity index (χ0v) is 20.5. The number of hydrogen-bond acceptors (Lipinski definition) is 6. The lowest BCUT2D eigenvalue weighted by molar-refractivity contribution is 0.0958. The van der Waals surface area contributed by atoms with Crippen LogP contribution in [0.5, 0.6) is 5.75 Å². The van der Waals surface area contributed by atoms with Gasteiger partial charge in [-0.15, -0.1) is 0 Å². The van der Waals surface area contributed by atoms with Gasteiger partial charge in [0.1, 0.15) is 11.4 Å². The lowest BCUT2D eigenvalue weighted by Gasteiger charge is -2.22. The van der Waals surface area contributed by atoms with E-state index < -0.39 is 0 Å². The van der Waals surface area contributed by atoms with Crippen molar-refractivity contribution in [3.8, 4) is 28.1 Å². The Morgan fingerprint density at radius 2 is 1.55 bits per heavy atom. The number of rotatable bonds is 6. The average Bonchev–Trinajstić information content (AvgIpc) is 3.35. The van der Waals surface area contributed by atoms with Crippen LogP contribution in [0.15, 0.2) is 108 Å². The van der Waals surface area contributed by atoms with E-state index in [4.69, 9.17) is 9.84 Å². The third-order valence-corrected chi connectivity index (χ3v) is 6.50. The van der Waals surface area contributed by atoms with Crippen molar-refractivity contribution in [1.82, 2.24) is 19.7 Å². The minimum atomic E-state index is -0.381. The Morgan fingerprint density at radius 1 is 0.868 bits per heavy atom. The number of benzene rings is 3.